The highest BCUT2D eigenvalue weighted by Gasteiger charge is 2.15. The zero-order chi connectivity index (χ0) is 18.0. The molecule has 130 valence electrons. The SMILES string of the molecule is COC[C@H](O)Cn1nc(-c2ccc(C)c(C)c2)c2ccccc2c1=O. The third-order valence-corrected chi connectivity index (χ3v) is 4.39. The van der Waals surface area contributed by atoms with Gasteiger partial charge >= 0.3 is 0 Å². The number of aryl methyl sites for hydroxylation is 2. The molecule has 0 unspecified atom stereocenters. The molecule has 5 heteroatoms. The second-order valence-electron chi connectivity index (χ2n) is 6.29. The van der Waals surface area contributed by atoms with Crippen LogP contribution in [-0.4, -0.2) is 34.7 Å². The van der Waals surface area contributed by atoms with Gasteiger partial charge in [0.2, 0.25) is 0 Å². The lowest BCUT2D eigenvalue weighted by Crippen LogP contribution is -2.31. The van der Waals surface area contributed by atoms with Crippen LogP contribution >= 0.6 is 0 Å². The van der Waals surface area contributed by atoms with Crippen LogP contribution in [0.15, 0.2) is 47.3 Å². The van der Waals surface area contributed by atoms with Crippen molar-refractivity contribution in [2.75, 3.05) is 13.7 Å². The number of rotatable bonds is 5. The normalized spacial score (nSPS) is 12.5. The Bertz CT molecular complexity index is 963. The molecule has 0 aliphatic rings. The summed E-state index contributed by atoms with van der Waals surface area (Å²) < 4.78 is 6.28. The summed E-state index contributed by atoms with van der Waals surface area (Å²) in [6.45, 7) is 4.36. The van der Waals surface area contributed by atoms with Crippen molar-refractivity contribution in [3.63, 3.8) is 0 Å². The second kappa shape index (κ2) is 7.17. The number of hydrogen-bond donors (Lipinski definition) is 1. The summed E-state index contributed by atoms with van der Waals surface area (Å²) in [4.78, 5) is 12.7. The molecule has 0 radical (unpaired) electrons. The average Bonchev–Trinajstić information content (AvgIpc) is 2.60. The summed E-state index contributed by atoms with van der Waals surface area (Å²) in [6, 6.07) is 13.6. The lowest BCUT2D eigenvalue weighted by atomic mass is 10.0. The molecule has 0 fully saturated rings. The number of ether oxygens (including phenoxy) is 1. The number of hydrogen-bond acceptors (Lipinski definition) is 4. The van der Waals surface area contributed by atoms with Crippen LogP contribution in [0.4, 0.5) is 0 Å². The minimum atomic E-state index is -0.788. The highest BCUT2D eigenvalue weighted by molar-refractivity contribution is 5.93. The van der Waals surface area contributed by atoms with Crippen LogP contribution in [0.3, 0.4) is 0 Å². The van der Waals surface area contributed by atoms with Gasteiger partial charge in [0.05, 0.1) is 30.3 Å². The Balaban J connectivity index is 2.21. The first kappa shape index (κ1) is 17.3. The van der Waals surface area contributed by atoms with Gasteiger partial charge in [0.25, 0.3) is 5.56 Å². The fourth-order valence-corrected chi connectivity index (χ4v) is 2.91. The van der Waals surface area contributed by atoms with Crippen molar-refractivity contribution in [3.05, 3.63) is 63.9 Å². The maximum Gasteiger partial charge on any atom is 0.274 e. The van der Waals surface area contributed by atoms with E-state index in [9.17, 15) is 9.90 Å². The molecule has 0 amide bonds. The quantitative estimate of drug-likeness (QED) is 0.777. The predicted molar refractivity (Wildman–Crippen MR) is 98.8 cm³/mol. The van der Waals surface area contributed by atoms with E-state index < -0.39 is 6.10 Å². The zero-order valence-electron chi connectivity index (χ0n) is 14.7. The Hall–Kier alpha value is -2.50. The van der Waals surface area contributed by atoms with Gasteiger partial charge in [-0.25, -0.2) is 4.68 Å². The molecular weight excluding hydrogens is 316 g/mol. The monoisotopic (exact) mass is 338 g/mol. The van der Waals surface area contributed by atoms with Crippen molar-refractivity contribution in [3.8, 4) is 11.3 Å². The van der Waals surface area contributed by atoms with E-state index in [1.54, 1.807) is 6.07 Å². The van der Waals surface area contributed by atoms with Crippen LogP contribution < -0.4 is 5.56 Å². The van der Waals surface area contributed by atoms with E-state index in [1.165, 1.54) is 22.9 Å². The molecule has 2 aromatic carbocycles. The molecule has 0 saturated heterocycles. The minimum Gasteiger partial charge on any atom is -0.389 e. The molecule has 0 saturated carbocycles. The van der Waals surface area contributed by atoms with Gasteiger partial charge in [-0.2, -0.15) is 5.10 Å². The summed E-state index contributed by atoms with van der Waals surface area (Å²) in [5.74, 6) is 0. The Morgan fingerprint density at radius 1 is 1.12 bits per heavy atom. The number of methoxy groups -OCH3 is 1. The third-order valence-electron chi connectivity index (χ3n) is 4.39. The molecular formula is C20H22N2O3. The summed E-state index contributed by atoms with van der Waals surface area (Å²) in [5.41, 5.74) is 3.85. The highest BCUT2D eigenvalue weighted by atomic mass is 16.5. The van der Waals surface area contributed by atoms with E-state index in [-0.39, 0.29) is 18.7 Å². The Morgan fingerprint density at radius 3 is 2.52 bits per heavy atom. The van der Waals surface area contributed by atoms with Crippen LogP contribution in [0, 0.1) is 13.8 Å². The molecule has 0 spiro atoms. The van der Waals surface area contributed by atoms with Crippen molar-refractivity contribution in [1.29, 1.82) is 0 Å². The van der Waals surface area contributed by atoms with Crippen LogP contribution in [-0.2, 0) is 11.3 Å². The van der Waals surface area contributed by atoms with E-state index in [4.69, 9.17) is 4.74 Å². The maximum atomic E-state index is 12.7. The van der Waals surface area contributed by atoms with Crippen molar-refractivity contribution >= 4 is 10.8 Å². The smallest absolute Gasteiger partial charge is 0.274 e. The maximum absolute atomic E-state index is 12.7. The average molecular weight is 338 g/mol. The summed E-state index contributed by atoms with van der Waals surface area (Å²) in [7, 11) is 1.51. The molecule has 25 heavy (non-hydrogen) atoms. The molecule has 1 aromatic heterocycles. The Labute approximate surface area is 146 Å². The molecule has 3 rings (SSSR count). The van der Waals surface area contributed by atoms with Gasteiger partial charge in [0, 0.05) is 18.1 Å². The molecule has 3 aromatic rings. The molecule has 1 atom stereocenters. The topological polar surface area (TPSA) is 64.3 Å². The zero-order valence-corrected chi connectivity index (χ0v) is 14.7. The van der Waals surface area contributed by atoms with Gasteiger partial charge in [-0.1, -0.05) is 30.3 Å². The van der Waals surface area contributed by atoms with E-state index in [0.29, 0.717) is 5.39 Å². The van der Waals surface area contributed by atoms with Crippen molar-refractivity contribution < 1.29 is 9.84 Å². The van der Waals surface area contributed by atoms with Gasteiger partial charge in [-0.05, 0) is 37.1 Å². The van der Waals surface area contributed by atoms with Gasteiger partial charge < -0.3 is 9.84 Å². The second-order valence-corrected chi connectivity index (χ2v) is 6.29. The Morgan fingerprint density at radius 2 is 1.84 bits per heavy atom. The lowest BCUT2D eigenvalue weighted by molar-refractivity contribution is 0.0506. The minimum absolute atomic E-state index is 0.0926. The number of aliphatic hydroxyl groups excluding tert-OH is 1. The van der Waals surface area contributed by atoms with Crippen LogP contribution in [0.2, 0.25) is 0 Å². The first-order chi connectivity index (χ1) is 12.0. The van der Waals surface area contributed by atoms with E-state index in [1.807, 2.05) is 24.3 Å². The van der Waals surface area contributed by atoms with Crippen LogP contribution in [0.25, 0.3) is 22.0 Å². The summed E-state index contributed by atoms with van der Waals surface area (Å²) in [5, 5.41) is 16.0. The summed E-state index contributed by atoms with van der Waals surface area (Å²) in [6.07, 6.45) is -0.788. The standard InChI is InChI=1S/C20H22N2O3/c1-13-8-9-15(10-14(13)2)19-17-6-4-5-7-18(17)20(24)22(21-19)11-16(23)12-25-3/h4-10,16,23H,11-12H2,1-3H3/t16-/m1/s1. The van der Waals surface area contributed by atoms with Gasteiger partial charge in [0.15, 0.2) is 0 Å². The fourth-order valence-electron chi connectivity index (χ4n) is 2.91. The highest BCUT2D eigenvalue weighted by Crippen LogP contribution is 2.26. The predicted octanol–water partition coefficient (Wildman–Crippen LogP) is 2.69. The van der Waals surface area contributed by atoms with E-state index in [2.05, 4.69) is 31.1 Å². The fraction of sp³-hybridized carbons (Fsp3) is 0.300. The molecule has 0 aliphatic carbocycles. The van der Waals surface area contributed by atoms with Gasteiger partial charge in [-0.3, -0.25) is 4.79 Å². The summed E-state index contributed by atoms with van der Waals surface area (Å²) >= 11 is 0. The first-order valence-electron chi connectivity index (χ1n) is 8.25. The number of aliphatic hydroxyl groups is 1. The molecule has 1 N–H and O–H groups in total. The largest absolute Gasteiger partial charge is 0.389 e. The molecule has 1 heterocycles. The van der Waals surface area contributed by atoms with E-state index in [0.717, 1.165) is 16.6 Å². The van der Waals surface area contributed by atoms with E-state index >= 15 is 0 Å². The Kier molecular flexibility index (Phi) is 4.97. The van der Waals surface area contributed by atoms with Crippen molar-refractivity contribution in [1.82, 2.24) is 9.78 Å². The lowest BCUT2D eigenvalue weighted by Gasteiger charge is -2.14. The van der Waals surface area contributed by atoms with Crippen molar-refractivity contribution in [2.24, 2.45) is 0 Å². The number of fused-ring (bicyclic) bond motifs is 1. The van der Waals surface area contributed by atoms with Crippen LogP contribution in [0.1, 0.15) is 11.1 Å². The number of aromatic nitrogens is 2. The molecule has 0 aliphatic heterocycles. The molecule has 5 nitrogen and oxygen atoms in total. The van der Waals surface area contributed by atoms with Gasteiger partial charge in [-0.15, -0.1) is 0 Å². The van der Waals surface area contributed by atoms with Crippen molar-refractivity contribution in [2.45, 2.75) is 26.5 Å². The number of nitrogens with zero attached hydrogens (tertiary/aromatic N) is 2. The number of benzene rings is 2. The molecule has 0 bridgehead atoms. The first-order valence-corrected chi connectivity index (χ1v) is 8.25. The van der Waals surface area contributed by atoms with Gasteiger partial charge in [0.1, 0.15) is 0 Å². The third kappa shape index (κ3) is 3.48. The van der Waals surface area contributed by atoms with Crippen LogP contribution in [0.5, 0.6) is 0 Å².